The maximum absolute atomic E-state index is 15.1. The first-order valence-electron chi connectivity index (χ1n) is 10.3. The quantitative estimate of drug-likeness (QED) is 0.371. The number of rotatable bonds is 4. The first-order chi connectivity index (χ1) is 16.7. The molecule has 0 atom stereocenters. The van der Waals surface area contributed by atoms with Crippen molar-refractivity contribution in [1.29, 1.82) is 0 Å². The average molecular weight is 480 g/mol. The minimum Gasteiger partial charge on any atom is -0.382 e. The number of hydrogen-bond acceptors (Lipinski definition) is 5. The molecule has 0 aliphatic heterocycles. The fraction of sp³-hybridized carbons (Fsp3) is 0.0833. The molecule has 11 heteroatoms. The molecular formula is C24H16F4N6O. The molecule has 0 saturated carbocycles. The van der Waals surface area contributed by atoms with Crippen molar-refractivity contribution in [2.24, 2.45) is 0 Å². The number of alkyl halides is 3. The van der Waals surface area contributed by atoms with Gasteiger partial charge in [0.15, 0.2) is 0 Å². The van der Waals surface area contributed by atoms with Crippen LogP contribution in [0.15, 0.2) is 73.3 Å². The van der Waals surface area contributed by atoms with Crippen LogP contribution in [0.3, 0.4) is 0 Å². The number of aromatic nitrogens is 4. The monoisotopic (exact) mass is 480 g/mol. The zero-order chi connectivity index (χ0) is 24.7. The summed E-state index contributed by atoms with van der Waals surface area (Å²) in [6.45, 7) is -0.182. The van der Waals surface area contributed by atoms with Crippen molar-refractivity contribution >= 4 is 34.0 Å². The summed E-state index contributed by atoms with van der Waals surface area (Å²) in [5.41, 5.74) is 6.51. The number of fused-ring (bicyclic) bond motifs is 3. The lowest BCUT2D eigenvalue weighted by atomic mass is 10.1. The molecule has 0 radical (unpaired) electrons. The molecule has 5 rings (SSSR count). The summed E-state index contributed by atoms with van der Waals surface area (Å²) in [5, 5.41) is 0. The van der Waals surface area contributed by atoms with Gasteiger partial charge in [0.1, 0.15) is 17.2 Å². The molecule has 5 aromatic rings. The fourth-order valence-corrected chi connectivity index (χ4v) is 3.74. The van der Waals surface area contributed by atoms with Crippen molar-refractivity contribution in [3.05, 3.63) is 96.0 Å². The lowest BCUT2D eigenvalue weighted by Crippen LogP contribution is -2.31. The van der Waals surface area contributed by atoms with Crippen molar-refractivity contribution < 1.29 is 22.4 Å². The second kappa shape index (κ2) is 8.35. The number of para-hydroxylation sites is 1. The Morgan fingerprint density at radius 1 is 1.03 bits per heavy atom. The van der Waals surface area contributed by atoms with E-state index in [0.717, 1.165) is 12.1 Å². The van der Waals surface area contributed by atoms with Gasteiger partial charge in [0.05, 0.1) is 46.9 Å². The summed E-state index contributed by atoms with van der Waals surface area (Å²) in [4.78, 5) is 26.9. The van der Waals surface area contributed by atoms with Crippen LogP contribution in [-0.2, 0) is 12.7 Å². The molecule has 0 aliphatic carbocycles. The highest BCUT2D eigenvalue weighted by molar-refractivity contribution is 6.08. The summed E-state index contributed by atoms with van der Waals surface area (Å²) in [5.74, 6) is -1.37. The van der Waals surface area contributed by atoms with Gasteiger partial charge in [-0.25, -0.2) is 14.4 Å². The van der Waals surface area contributed by atoms with Gasteiger partial charge < -0.3 is 10.6 Å². The van der Waals surface area contributed by atoms with E-state index in [1.54, 1.807) is 34.7 Å². The minimum atomic E-state index is -4.54. The van der Waals surface area contributed by atoms with E-state index >= 15 is 4.39 Å². The van der Waals surface area contributed by atoms with Crippen molar-refractivity contribution in [2.45, 2.75) is 12.7 Å². The van der Waals surface area contributed by atoms with Crippen LogP contribution < -0.4 is 10.6 Å². The van der Waals surface area contributed by atoms with Crippen molar-refractivity contribution in [3.8, 4) is 0 Å². The summed E-state index contributed by atoms with van der Waals surface area (Å²) in [7, 11) is 0. The lowest BCUT2D eigenvalue weighted by Gasteiger charge is -2.23. The first-order valence-corrected chi connectivity index (χ1v) is 10.3. The molecule has 3 heterocycles. The molecule has 2 aromatic carbocycles. The number of hydrogen-bond donors (Lipinski definition) is 1. The van der Waals surface area contributed by atoms with E-state index in [-0.39, 0.29) is 29.1 Å². The standard InChI is InChI=1S/C24H16F4N6O/c25-18-9-19-20(34-13-30-11-21(34)22(29)32-19)8-17(18)23(35)33(16-4-2-1-3-5-16)12-15-7-6-14(10-31-15)24(26,27)28/h1-11,13H,12H2,(H2,29,32). The van der Waals surface area contributed by atoms with Gasteiger partial charge in [0, 0.05) is 18.0 Å². The molecule has 0 aliphatic rings. The van der Waals surface area contributed by atoms with E-state index < -0.39 is 23.5 Å². The van der Waals surface area contributed by atoms with Gasteiger partial charge in [0.25, 0.3) is 5.91 Å². The molecule has 0 bridgehead atoms. The summed E-state index contributed by atoms with van der Waals surface area (Å²) >= 11 is 0. The number of imidazole rings is 1. The largest absolute Gasteiger partial charge is 0.417 e. The first kappa shape index (κ1) is 22.3. The van der Waals surface area contributed by atoms with E-state index in [9.17, 15) is 18.0 Å². The number of carbonyl (C=O) groups is 1. The number of pyridine rings is 1. The third-order valence-corrected chi connectivity index (χ3v) is 5.48. The predicted molar refractivity (Wildman–Crippen MR) is 121 cm³/mol. The van der Waals surface area contributed by atoms with Gasteiger partial charge in [-0.2, -0.15) is 13.2 Å². The number of carbonyl (C=O) groups excluding carboxylic acids is 1. The van der Waals surface area contributed by atoms with Crippen LogP contribution in [0, 0.1) is 5.82 Å². The number of nitrogen functional groups attached to an aromatic ring is 1. The Morgan fingerprint density at radius 3 is 2.49 bits per heavy atom. The second-order valence-corrected chi connectivity index (χ2v) is 7.73. The van der Waals surface area contributed by atoms with E-state index in [1.807, 2.05) is 0 Å². The smallest absolute Gasteiger partial charge is 0.382 e. The Kier molecular flexibility index (Phi) is 5.31. The zero-order valence-corrected chi connectivity index (χ0v) is 17.9. The van der Waals surface area contributed by atoms with Crippen LogP contribution in [-0.4, -0.2) is 25.3 Å². The SMILES string of the molecule is Nc1nc2cc(F)c(C(=O)N(Cc3ccc(C(F)(F)F)cn3)c3ccccc3)cc2n2cncc12. The maximum atomic E-state index is 15.1. The van der Waals surface area contributed by atoms with Crippen molar-refractivity contribution in [1.82, 2.24) is 19.4 Å². The third kappa shape index (κ3) is 4.12. The normalized spacial score (nSPS) is 11.8. The minimum absolute atomic E-state index is 0.160. The third-order valence-electron chi connectivity index (χ3n) is 5.48. The highest BCUT2D eigenvalue weighted by Gasteiger charge is 2.31. The summed E-state index contributed by atoms with van der Waals surface area (Å²) < 4.78 is 55.5. The Balaban J connectivity index is 1.58. The van der Waals surface area contributed by atoms with Crippen LogP contribution in [0.25, 0.3) is 16.6 Å². The molecule has 7 nitrogen and oxygen atoms in total. The van der Waals surface area contributed by atoms with Crippen molar-refractivity contribution in [3.63, 3.8) is 0 Å². The van der Waals surface area contributed by atoms with Gasteiger partial charge >= 0.3 is 6.18 Å². The van der Waals surface area contributed by atoms with Crippen LogP contribution in [0.4, 0.5) is 29.1 Å². The average Bonchev–Trinajstić information content (AvgIpc) is 3.33. The highest BCUT2D eigenvalue weighted by Crippen LogP contribution is 2.29. The number of amides is 1. The van der Waals surface area contributed by atoms with Crippen LogP contribution in [0.2, 0.25) is 0 Å². The van der Waals surface area contributed by atoms with E-state index in [4.69, 9.17) is 5.73 Å². The molecule has 0 unspecified atom stereocenters. The Labute approximate surface area is 195 Å². The van der Waals surface area contributed by atoms with Crippen molar-refractivity contribution in [2.75, 3.05) is 10.6 Å². The molecule has 0 spiro atoms. The Morgan fingerprint density at radius 2 is 1.80 bits per heavy atom. The number of benzene rings is 2. The molecule has 176 valence electrons. The fourth-order valence-electron chi connectivity index (χ4n) is 3.74. The molecule has 1 amide bonds. The van der Waals surface area contributed by atoms with Gasteiger partial charge in [-0.1, -0.05) is 18.2 Å². The molecule has 35 heavy (non-hydrogen) atoms. The number of halogens is 4. The van der Waals surface area contributed by atoms with Gasteiger partial charge in [-0.15, -0.1) is 0 Å². The van der Waals surface area contributed by atoms with E-state index in [0.29, 0.717) is 22.9 Å². The Hall–Kier alpha value is -4.54. The van der Waals surface area contributed by atoms with Gasteiger partial charge in [-0.05, 0) is 30.3 Å². The molecule has 0 fully saturated rings. The molecule has 3 aromatic heterocycles. The highest BCUT2D eigenvalue weighted by atomic mass is 19.4. The number of nitrogens with two attached hydrogens (primary N) is 1. The number of nitrogens with zero attached hydrogens (tertiary/aromatic N) is 5. The van der Waals surface area contributed by atoms with Crippen LogP contribution in [0.5, 0.6) is 0 Å². The molecular weight excluding hydrogens is 464 g/mol. The summed E-state index contributed by atoms with van der Waals surface area (Å²) in [6.07, 6.45) is -0.863. The van der Waals surface area contributed by atoms with Gasteiger partial charge in [0.2, 0.25) is 0 Å². The topological polar surface area (TPSA) is 89.4 Å². The Bertz CT molecular complexity index is 1550. The van der Waals surface area contributed by atoms with Gasteiger partial charge in [-0.3, -0.25) is 14.2 Å². The van der Waals surface area contributed by atoms with E-state index in [2.05, 4.69) is 15.0 Å². The van der Waals surface area contributed by atoms with E-state index in [1.165, 1.54) is 29.6 Å². The predicted octanol–water partition coefficient (Wildman–Crippen LogP) is 4.86. The molecule has 0 saturated heterocycles. The zero-order valence-electron chi connectivity index (χ0n) is 17.9. The van der Waals surface area contributed by atoms with Crippen LogP contribution >= 0.6 is 0 Å². The maximum Gasteiger partial charge on any atom is 0.417 e. The lowest BCUT2D eigenvalue weighted by molar-refractivity contribution is -0.137. The van der Waals surface area contributed by atoms with Crippen LogP contribution in [0.1, 0.15) is 21.6 Å². The molecule has 2 N–H and O–H groups in total. The number of anilines is 2. The second-order valence-electron chi connectivity index (χ2n) is 7.73. The summed E-state index contributed by atoms with van der Waals surface area (Å²) in [6, 6.07) is 12.9.